The van der Waals surface area contributed by atoms with Gasteiger partial charge in [-0.25, -0.2) is 0 Å². The zero-order valence-corrected chi connectivity index (χ0v) is 21.1. The van der Waals surface area contributed by atoms with Crippen molar-refractivity contribution in [3.63, 3.8) is 0 Å². The first-order valence-electron chi connectivity index (χ1n) is 11.4. The number of hydrogen-bond acceptors (Lipinski definition) is 6. The molecular formula is C27H29N5O2S. The molecule has 0 aliphatic heterocycles. The van der Waals surface area contributed by atoms with E-state index in [-0.39, 0.29) is 11.2 Å². The summed E-state index contributed by atoms with van der Waals surface area (Å²) in [5.41, 5.74) is 5.01. The smallest absolute Gasteiger partial charge is 0.237 e. The molecule has 1 atom stereocenters. The van der Waals surface area contributed by atoms with Crippen LogP contribution in [0.5, 0.6) is 5.75 Å². The van der Waals surface area contributed by atoms with Gasteiger partial charge in [0.25, 0.3) is 0 Å². The third kappa shape index (κ3) is 6.22. The fraction of sp³-hybridized carbons (Fsp3) is 0.222. The fourth-order valence-corrected chi connectivity index (χ4v) is 4.31. The van der Waals surface area contributed by atoms with E-state index in [1.54, 1.807) is 7.11 Å². The Balaban J connectivity index is 1.55. The van der Waals surface area contributed by atoms with Gasteiger partial charge in [-0.15, -0.1) is 10.2 Å². The minimum atomic E-state index is -0.379. The number of anilines is 2. The number of hydrogen-bond donors (Lipinski definition) is 2. The summed E-state index contributed by atoms with van der Waals surface area (Å²) in [6.45, 7) is 6.42. The van der Waals surface area contributed by atoms with Gasteiger partial charge in [-0.2, -0.15) is 0 Å². The molecule has 0 aliphatic carbocycles. The van der Waals surface area contributed by atoms with Gasteiger partial charge in [-0.3, -0.25) is 9.36 Å². The lowest BCUT2D eigenvalue weighted by atomic mass is 10.2. The molecule has 35 heavy (non-hydrogen) atoms. The average Bonchev–Trinajstić information content (AvgIpc) is 3.27. The molecule has 2 N–H and O–H groups in total. The molecular weight excluding hydrogens is 458 g/mol. The van der Waals surface area contributed by atoms with Crippen LogP contribution in [0.3, 0.4) is 0 Å². The number of aromatic nitrogens is 3. The average molecular weight is 488 g/mol. The Morgan fingerprint density at radius 2 is 1.51 bits per heavy atom. The molecule has 1 aromatic heterocycles. The monoisotopic (exact) mass is 487 g/mol. The van der Waals surface area contributed by atoms with Gasteiger partial charge in [-0.1, -0.05) is 47.2 Å². The fourth-order valence-electron chi connectivity index (χ4n) is 3.43. The van der Waals surface area contributed by atoms with E-state index in [4.69, 9.17) is 4.74 Å². The molecule has 4 rings (SSSR count). The molecule has 0 radical (unpaired) electrons. The molecule has 4 aromatic rings. The van der Waals surface area contributed by atoms with E-state index in [0.29, 0.717) is 11.7 Å². The standard InChI is InChI=1S/C27H29N5O2S/c1-18-5-9-21(10-6-18)28-17-25-30-31-27(32(25)23-13-15-24(34-4)16-14-23)35-20(3)26(33)29-22-11-7-19(2)8-12-22/h5-16,20,28H,17H2,1-4H3,(H,29,33). The largest absolute Gasteiger partial charge is 0.497 e. The Labute approximate surface area is 209 Å². The first-order chi connectivity index (χ1) is 16.9. The molecule has 8 heteroatoms. The third-order valence-electron chi connectivity index (χ3n) is 5.50. The van der Waals surface area contributed by atoms with E-state index >= 15 is 0 Å². The second-order valence-electron chi connectivity index (χ2n) is 8.27. The van der Waals surface area contributed by atoms with E-state index < -0.39 is 0 Å². The van der Waals surface area contributed by atoms with Crippen LogP contribution >= 0.6 is 11.8 Å². The summed E-state index contributed by atoms with van der Waals surface area (Å²) in [4.78, 5) is 12.9. The predicted molar refractivity (Wildman–Crippen MR) is 142 cm³/mol. The van der Waals surface area contributed by atoms with Crippen molar-refractivity contribution in [1.82, 2.24) is 14.8 Å². The van der Waals surface area contributed by atoms with E-state index in [2.05, 4.69) is 39.9 Å². The summed E-state index contributed by atoms with van der Waals surface area (Å²) in [7, 11) is 1.64. The molecule has 1 amide bonds. The number of nitrogens with zero attached hydrogens (tertiary/aromatic N) is 3. The normalized spacial score (nSPS) is 11.7. The summed E-state index contributed by atoms with van der Waals surface area (Å²) in [5.74, 6) is 1.41. The minimum Gasteiger partial charge on any atom is -0.497 e. The molecule has 0 spiro atoms. The maximum absolute atomic E-state index is 12.9. The van der Waals surface area contributed by atoms with Crippen molar-refractivity contribution < 1.29 is 9.53 Å². The van der Waals surface area contributed by atoms with Crippen LogP contribution in [0.15, 0.2) is 78.0 Å². The van der Waals surface area contributed by atoms with Crippen molar-refractivity contribution in [3.8, 4) is 11.4 Å². The lowest BCUT2D eigenvalue weighted by Gasteiger charge is -2.15. The van der Waals surface area contributed by atoms with Crippen LogP contribution in [0.4, 0.5) is 11.4 Å². The van der Waals surface area contributed by atoms with Crippen LogP contribution < -0.4 is 15.4 Å². The SMILES string of the molecule is COc1ccc(-n2c(CNc3ccc(C)cc3)nnc2SC(C)C(=O)Nc2ccc(C)cc2)cc1. The van der Waals surface area contributed by atoms with Crippen molar-refractivity contribution in [3.05, 3.63) is 89.7 Å². The first-order valence-corrected chi connectivity index (χ1v) is 12.2. The molecule has 3 aromatic carbocycles. The Morgan fingerprint density at radius 1 is 0.914 bits per heavy atom. The van der Waals surface area contributed by atoms with Crippen LogP contribution in [-0.2, 0) is 11.3 Å². The summed E-state index contributed by atoms with van der Waals surface area (Å²) in [6.07, 6.45) is 0. The summed E-state index contributed by atoms with van der Waals surface area (Å²) in [5, 5.41) is 15.5. The molecule has 1 heterocycles. The lowest BCUT2D eigenvalue weighted by molar-refractivity contribution is -0.115. The van der Waals surface area contributed by atoms with Crippen molar-refractivity contribution in [2.45, 2.75) is 37.7 Å². The molecule has 0 saturated carbocycles. The van der Waals surface area contributed by atoms with Crippen LogP contribution in [0.2, 0.25) is 0 Å². The van der Waals surface area contributed by atoms with Crippen molar-refractivity contribution in [2.75, 3.05) is 17.7 Å². The van der Waals surface area contributed by atoms with Gasteiger partial charge in [0.15, 0.2) is 11.0 Å². The van der Waals surface area contributed by atoms with E-state index in [0.717, 1.165) is 34.2 Å². The number of amides is 1. The molecule has 0 fully saturated rings. The Bertz CT molecular complexity index is 1270. The number of methoxy groups -OCH3 is 1. The first kappa shape index (κ1) is 24.3. The van der Waals surface area contributed by atoms with E-state index in [1.165, 1.54) is 17.3 Å². The van der Waals surface area contributed by atoms with Crippen molar-refractivity contribution in [1.29, 1.82) is 0 Å². The number of thioether (sulfide) groups is 1. The highest BCUT2D eigenvalue weighted by molar-refractivity contribution is 8.00. The number of carbonyl (C=O) groups is 1. The maximum Gasteiger partial charge on any atom is 0.237 e. The zero-order chi connectivity index (χ0) is 24.8. The molecule has 0 aliphatic rings. The molecule has 0 bridgehead atoms. The predicted octanol–water partition coefficient (Wildman–Crippen LogP) is 5.62. The Hall–Kier alpha value is -3.78. The number of benzene rings is 3. The molecule has 1 unspecified atom stereocenters. The Kier molecular flexibility index (Phi) is 7.72. The van der Waals surface area contributed by atoms with Crippen LogP contribution in [0.25, 0.3) is 5.69 Å². The van der Waals surface area contributed by atoms with Crippen molar-refractivity contribution in [2.24, 2.45) is 0 Å². The Morgan fingerprint density at radius 3 is 2.11 bits per heavy atom. The number of aryl methyl sites for hydroxylation is 2. The summed E-state index contributed by atoms with van der Waals surface area (Å²) in [6, 6.07) is 23.7. The molecule has 0 saturated heterocycles. The summed E-state index contributed by atoms with van der Waals surface area (Å²) >= 11 is 1.37. The minimum absolute atomic E-state index is 0.0949. The maximum atomic E-state index is 12.9. The lowest BCUT2D eigenvalue weighted by Crippen LogP contribution is -2.23. The van der Waals surface area contributed by atoms with Gasteiger partial charge in [-0.05, 0) is 69.3 Å². The van der Waals surface area contributed by atoms with Gasteiger partial charge in [0.05, 0.1) is 18.9 Å². The highest BCUT2D eigenvalue weighted by atomic mass is 32.2. The third-order valence-corrected chi connectivity index (χ3v) is 6.55. The van der Waals surface area contributed by atoms with Crippen LogP contribution in [-0.4, -0.2) is 33.0 Å². The second-order valence-corrected chi connectivity index (χ2v) is 9.58. The van der Waals surface area contributed by atoms with E-state index in [9.17, 15) is 4.79 Å². The van der Waals surface area contributed by atoms with Crippen LogP contribution in [0, 0.1) is 13.8 Å². The zero-order valence-electron chi connectivity index (χ0n) is 20.3. The number of rotatable bonds is 9. The summed E-state index contributed by atoms with van der Waals surface area (Å²) < 4.78 is 7.28. The van der Waals surface area contributed by atoms with Crippen LogP contribution in [0.1, 0.15) is 23.9 Å². The quantitative estimate of drug-likeness (QED) is 0.298. The number of nitrogens with one attached hydrogen (secondary N) is 2. The van der Waals surface area contributed by atoms with Gasteiger partial charge in [0, 0.05) is 17.1 Å². The van der Waals surface area contributed by atoms with Gasteiger partial charge in [0.2, 0.25) is 5.91 Å². The second kappa shape index (κ2) is 11.1. The molecule has 180 valence electrons. The number of carbonyl (C=O) groups excluding carboxylic acids is 1. The van der Waals surface area contributed by atoms with Gasteiger partial charge < -0.3 is 15.4 Å². The highest BCUT2D eigenvalue weighted by Gasteiger charge is 2.21. The van der Waals surface area contributed by atoms with E-state index in [1.807, 2.05) is 79.1 Å². The topological polar surface area (TPSA) is 81.1 Å². The molecule has 7 nitrogen and oxygen atoms in total. The highest BCUT2D eigenvalue weighted by Crippen LogP contribution is 2.28. The van der Waals surface area contributed by atoms with Gasteiger partial charge in [0.1, 0.15) is 5.75 Å². The number of ether oxygens (including phenoxy) is 1. The van der Waals surface area contributed by atoms with Gasteiger partial charge >= 0.3 is 0 Å². The van der Waals surface area contributed by atoms with Crippen molar-refractivity contribution >= 4 is 29.0 Å².